The summed E-state index contributed by atoms with van der Waals surface area (Å²) in [4.78, 5) is 54.3. The summed E-state index contributed by atoms with van der Waals surface area (Å²) < 4.78 is 5.14. The number of imide groups is 1. The molecule has 0 saturated carbocycles. The van der Waals surface area contributed by atoms with Crippen molar-refractivity contribution in [2.75, 3.05) is 13.2 Å². The molecule has 0 bridgehead atoms. The van der Waals surface area contributed by atoms with Crippen LogP contribution in [0.1, 0.15) is 39.6 Å². The van der Waals surface area contributed by atoms with Crippen LogP contribution in [0.25, 0.3) is 10.9 Å². The van der Waals surface area contributed by atoms with E-state index in [1.807, 2.05) is 30.5 Å². The number of amides is 3. The molecule has 0 saturated heterocycles. The average molecular weight is 433 g/mol. The molecule has 0 unspecified atom stereocenters. The molecule has 164 valence electrons. The first-order valence-corrected chi connectivity index (χ1v) is 10.5. The fourth-order valence-electron chi connectivity index (χ4n) is 3.88. The number of benzene rings is 2. The van der Waals surface area contributed by atoms with Gasteiger partial charge in [-0.25, -0.2) is 4.79 Å². The van der Waals surface area contributed by atoms with Gasteiger partial charge in [0.25, 0.3) is 11.8 Å². The molecule has 1 aromatic heterocycles. The summed E-state index contributed by atoms with van der Waals surface area (Å²) in [5.74, 6) is -1.82. The normalized spacial score (nSPS) is 13.8. The Morgan fingerprint density at radius 1 is 1.03 bits per heavy atom. The third-order valence-electron chi connectivity index (χ3n) is 5.45. The zero-order chi connectivity index (χ0) is 22.7. The molecule has 0 aliphatic carbocycles. The van der Waals surface area contributed by atoms with Gasteiger partial charge in [-0.05, 0) is 30.7 Å². The van der Waals surface area contributed by atoms with Gasteiger partial charge >= 0.3 is 5.97 Å². The van der Waals surface area contributed by atoms with E-state index in [0.29, 0.717) is 11.1 Å². The number of para-hydroxylation sites is 1. The summed E-state index contributed by atoms with van der Waals surface area (Å²) in [6.45, 7) is 1.82. The highest BCUT2D eigenvalue weighted by Gasteiger charge is 2.35. The Kier molecular flexibility index (Phi) is 6.02. The standard InChI is InChI=1S/C24H23N3O5/c1-2-32-24(31)20(13-15-14-25-19-10-6-5-7-16(15)19)26-21(28)11-12-27-22(29)17-8-3-4-9-18(17)23(27)30/h3-10,14,20,25H,2,11-13H2,1H3,(H,26,28)/t20-/m0/s1. The van der Waals surface area contributed by atoms with Crippen molar-refractivity contribution in [1.29, 1.82) is 0 Å². The van der Waals surface area contributed by atoms with Crippen LogP contribution in [0.4, 0.5) is 0 Å². The largest absolute Gasteiger partial charge is 0.464 e. The summed E-state index contributed by atoms with van der Waals surface area (Å²) in [5, 5.41) is 3.66. The Bertz CT molecular complexity index is 1160. The van der Waals surface area contributed by atoms with Gasteiger partial charge in [0, 0.05) is 36.5 Å². The monoisotopic (exact) mass is 433 g/mol. The lowest BCUT2D eigenvalue weighted by Gasteiger charge is -2.18. The molecule has 2 aromatic carbocycles. The Hall–Kier alpha value is -3.94. The van der Waals surface area contributed by atoms with Crippen LogP contribution in [-0.2, 0) is 20.7 Å². The van der Waals surface area contributed by atoms with Crippen LogP contribution in [0.3, 0.4) is 0 Å². The van der Waals surface area contributed by atoms with Crippen LogP contribution in [0.2, 0.25) is 0 Å². The fourth-order valence-corrected chi connectivity index (χ4v) is 3.88. The molecular formula is C24H23N3O5. The van der Waals surface area contributed by atoms with Crippen LogP contribution in [0, 0.1) is 0 Å². The number of hydrogen-bond acceptors (Lipinski definition) is 5. The number of esters is 1. The quantitative estimate of drug-likeness (QED) is 0.419. The number of nitrogens with one attached hydrogen (secondary N) is 2. The molecule has 1 atom stereocenters. The maximum absolute atomic E-state index is 12.6. The minimum absolute atomic E-state index is 0.0686. The number of ether oxygens (including phenoxy) is 1. The first-order valence-electron chi connectivity index (χ1n) is 10.5. The first kappa shape index (κ1) is 21.3. The van der Waals surface area contributed by atoms with Crippen molar-refractivity contribution in [2.24, 2.45) is 0 Å². The molecule has 3 amide bonds. The summed E-state index contributed by atoms with van der Waals surface area (Å²) in [6.07, 6.45) is 1.94. The van der Waals surface area contributed by atoms with E-state index in [0.717, 1.165) is 21.4 Å². The number of aromatic nitrogens is 1. The molecule has 2 N–H and O–H groups in total. The van der Waals surface area contributed by atoms with Gasteiger partial charge in [0.15, 0.2) is 0 Å². The van der Waals surface area contributed by atoms with E-state index in [2.05, 4.69) is 10.3 Å². The highest BCUT2D eigenvalue weighted by Crippen LogP contribution is 2.23. The lowest BCUT2D eigenvalue weighted by Crippen LogP contribution is -2.44. The Labute approximate surface area is 184 Å². The van der Waals surface area contributed by atoms with Gasteiger partial charge in [-0.3, -0.25) is 19.3 Å². The number of hydrogen-bond donors (Lipinski definition) is 2. The van der Waals surface area contributed by atoms with Crippen LogP contribution in [0.15, 0.2) is 54.7 Å². The predicted octanol–water partition coefficient (Wildman–Crippen LogP) is 2.44. The molecule has 32 heavy (non-hydrogen) atoms. The molecule has 8 heteroatoms. The second-order valence-corrected chi connectivity index (χ2v) is 7.49. The minimum atomic E-state index is -0.885. The topological polar surface area (TPSA) is 109 Å². The van der Waals surface area contributed by atoms with Crippen LogP contribution >= 0.6 is 0 Å². The second-order valence-electron chi connectivity index (χ2n) is 7.49. The molecule has 2 heterocycles. The van der Waals surface area contributed by atoms with E-state index in [4.69, 9.17) is 4.74 Å². The summed E-state index contributed by atoms with van der Waals surface area (Å²) >= 11 is 0. The number of carbonyl (C=O) groups excluding carboxylic acids is 4. The van der Waals surface area contributed by atoms with Crippen molar-refractivity contribution in [2.45, 2.75) is 25.8 Å². The van der Waals surface area contributed by atoms with Crippen molar-refractivity contribution >= 4 is 34.6 Å². The maximum atomic E-state index is 12.6. The number of carbonyl (C=O) groups is 4. The number of aromatic amines is 1. The van der Waals surface area contributed by atoms with Gasteiger partial charge in [-0.2, -0.15) is 0 Å². The van der Waals surface area contributed by atoms with Crippen molar-refractivity contribution in [3.8, 4) is 0 Å². The second kappa shape index (κ2) is 9.05. The van der Waals surface area contributed by atoms with Crippen molar-refractivity contribution < 1.29 is 23.9 Å². The number of H-pyrrole nitrogens is 1. The van der Waals surface area contributed by atoms with Crippen LogP contribution in [-0.4, -0.2) is 52.8 Å². The molecule has 1 aliphatic heterocycles. The van der Waals surface area contributed by atoms with Gasteiger partial charge < -0.3 is 15.0 Å². The smallest absolute Gasteiger partial charge is 0.328 e. The highest BCUT2D eigenvalue weighted by atomic mass is 16.5. The van der Waals surface area contributed by atoms with Crippen molar-refractivity contribution in [1.82, 2.24) is 15.2 Å². The van der Waals surface area contributed by atoms with E-state index in [1.54, 1.807) is 31.2 Å². The summed E-state index contributed by atoms with van der Waals surface area (Å²) in [5.41, 5.74) is 2.48. The zero-order valence-corrected chi connectivity index (χ0v) is 17.6. The molecule has 0 fully saturated rings. The SMILES string of the molecule is CCOC(=O)[C@H](Cc1c[nH]c2ccccc12)NC(=O)CCN1C(=O)c2ccccc2C1=O. The van der Waals surface area contributed by atoms with E-state index >= 15 is 0 Å². The zero-order valence-electron chi connectivity index (χ0n) is 17.6. The third kappa shape index (κ3) is 4.12. The predicted molar refractivity (Wildman–Crippen MR) is 117 cm³/mol. The number of fused-ring (bicyclic) bond motifs is 2. The lowest BCUT2D eigenvalue weighted by molar-refractivity contribution is -0.147. The molecule has 0 radical (unpaired) electrons. The van der Waals surface area contributed by atoms with Gasteiger partial charge in [-0.15, -0.1) is 0 Å². The Morgan fingerprint density at radius 3 is 2.38 bits per heavy atom. The Balaban J connectivity index is 1.42. The van der Waals surface area contributed by atoms with E-state index in [1.165, 1.54) is 0 Å². The maximum Gasteiger partial charge on any atom is 0.328 e. The van der Waals surface area contributed by atoms with Crippen LogP contribution < -0.4 is 5.32 Å². The molecule has 8 nitrogen and oxygen atoms in total. The van der Waals surface area contributed by atoms with Crippen molar-refractivity contribution in [3.05, 3.63) is 71.4 Å². The van der Waals surface area contributed by atoms with E-state index in [-0.39, 0.29) is 26.0 Å². The molecule has 1 aliphatic rings. The lowest BCUT2D eigenvalue weighted by atomic mass is 10.0. The summed E-state index contributed by atoms with van der Waals surface area (Å²) in [7, 11) is 0. The van der Waals surface area contributed by atoms with E-state index in [9.17, 15) is 19.2 Å². The van der Waals surface area contributed by atoms with E-state index < -0.39 is 29.7 Å². The van der Waals surface area contributed by atoms with Gasteiger partial charge in [0.05, 0.1) is 17.7 Å². The molecular weight excluding hydrogens is 410 g/mol. The number of nitrogens with zero attached hydrogens (tertiary/aromatic N) is 1. The minimum Gasteiger partial charge on any atom is -0.464 e. The molecule has 0 spiro atoms. The van der Waals surface area contributed by atoms with Crippen molar-refractivity contribution in [3.63, 3.8) is 0 Å². The molecule has 3 aromatic rings. The fraction of sp³-hybridized carbons (Fsp3) is 0.250. The van der Waals surface area contributed by atoms with Gasteiger partial charge in [0.1, 0.15) is 6.04 Å². The highest BCUT2D eigenvalue weighted by molar-refractivity contribution is 6.21. The first-order chi connectivity index (χ1) is 15.5. The van der Waals surface area contributed by atoms with Gasteiger partial charge in [0.2, 0.25) is 5.91 Å². The van der Waals surface area contributed by atoms with Crippen LogP contribution in [0.5, 0.6) is 0 Å². The van der Waals surface area contributed by atoms with Gasteiger partial charge in [-0.1, -0.05) is 30.3 Å². The molecule has 4 rings (SSSR count). The summed E-state index contributed by atoms with van der Waals surface area (Å²) in [6, 6.07) is 13.4. The number of rotatable bonds is 8. The Morgan fingerprint density at radius 2 is 1.69 bits per heavy atom. The third-order valence-corrected chi connectivity index (χ3v) is 5.45. The average Bonchev–Trinajstić information content (AvgIpc) is 3.31.